The van der Waals surface area contributed by atoms with Crippen molar-refractivity contribution in [3.8, 4) is 5.75 Å². The number of nitrogens with zero attached hydrogens (tertiary/aromatic N) is 1. The predicted molar refractivity (Wildman–Crippen MR) is 145 cm³/mol. The number of aryl methyl sites for hydroxylation is 1. The van der Waals surface area contributed by atoms with E-state index >= 15 is 0 Å². The summed E-state index contributed by atoms with van der Waals surface area (Å²) < 4.78 is 5.84. The molecule has 1 atom stereocenters. The number of ether oxygens (including phenoxy) is 1. The summed E-state index contributed by atoms with van der Waals surface area (Å²) in [7, 11) is 0. The van der Waals surface area contributed by atoms with Gasteiger partial charge in [-0.25, -0.2) is 0 Å². The molecule has 0 aliphatic carbocycles. The van der Waals surface area contributed by atoms with E-state index in [0.29, 0.717) is 23.7 Å². The van der Waals surface area contributed by atoms with Crippen molar-refractivity contribution in [1.82, 2.24) is 10.2 Å². The van der Waals surface area contributed by atoms with Crippen LogP contribution in [0.5, 0.6) is 5.75 Å². The van der Waals surface area contributed by atoms with Crippen LogP contribution in [-0.4, -0.2) is 35.9 Å². The van der Waals surface area contributed by atoms with Crippen molar-refractivity contribution in [1.29, 1.82) is 0 Å². The molecule has 0 saturated heterocycles. The third kappa shape index (κ3) is 8.42. The fraction of sp³-hybridized carbons (Fsp3) is 0.333. The highest BCUT2D eigenvalue weighted by Crippen LogP contribution is 2.19. The number of carbonyl (C=O) groups is 2. The molecular weight excluding hydrogens is 472 g/mol. The molecule has 5 nitrogen and oxygen atoms in total. The summed E-state index contributed by atoms with van der Waals surface area (Å²) >= 11 is 6.22. The summed E-state index contributed by atoms with van der Waals surface area (Å²) in [5.74, 6) is 0.186. The lowest BCUT2D eigenvalue weighted by atomic mass is 10.0. The first-order chi connectivity index (χ1) is 17.5. The minimum atomic E-state index is -0.693. The van der Waals surface area contributed by atoms with E-state index in [4.69, 9.17) is 16.3 Å². The van der Waals surface area contributed by atoms with Gasteiger partial charge >= 0.3 is 0 Å². The Bertz CT molecular complexity index is 1100. The number of rotatable bonds is 13. The van der Waals surface area contributed by atoms with Crippen molar-refractivity contribution in [2.45, 2.75) is 52.1 Å². The minimum Gasteiger partial charge on any atom is -0.484 e. The molecule has 3 rings (SSSR count). The number of hydrogen-bond donors (Lipinski definition) is 1. The average molecular weight is 507 g/mol. The first-order valence-electron chi connectivity index (χ1n) is 12.6. The summed E-state index contributed by atoms with van der Waals surface area (Å²) in [4.78, 5) is 28.6. The molecule has 36 heavy (non-hydrogen) atoms. The Labute approximate surface area is 219 Å². The molecule has 190 valence electrons. The number of nitrogens with one attached hydrogen (secondary N) is 1. The SMILES string of the molecule is CCCCNC(=O)[C@H](Cc1ccccc1)N(Cc1cccc(Cl)c1)C(=O)COc1ccc(CC)cc1. The van der Waals surface area contributed by atoms with Gasteiger partial charge in [-0.1, -0.05) is 86.5 Å². The summed E-state index contributed by atoms with van der Waals surface area (Å²) in [5, 5.41) is 3.61. The lowest BCUT2D eigenvalue weighted by Gasteiger charge is -2.31. The molecule has 3 aromatic carbocycles. The smallest absolute Gasteiger partial charge is 0.261 e. The van der Waals surface area contributed by atoms with Crippen molar-refractivity contribution in [2.75, 3.05) is 13.2 Å². The normalized spacial score (nSPS) is 11.5. The van der Waals surface area contributed by atoms with E-state index in [2.05, 4.69) is 19.2 Å². The van der Waals surface area contributed by atoms with Gasteiger partial charge in [0.15, 0.2) is 6.61 Å². The Kier molecular flexibility index (Phi) is 10.8. The van der Waals surface area contributed by atoms with Gasteiger partial charge in [0, 0.05) is 24.5 Å². The largest absolute Gasteiger partial charge is 0.484 e. The molecule has 1 N–H and O–H groups in total. The second kappa shape index (κ2) is 14.3. The van der Waals surface area contributed by atoms with E-state index in [1.54, 1.807) is 11.0 Å². The molecule has 0 saturated carbocycles. The van der Waals surface area contributed by atoms with Crippen molar-refractivity contribution in [2.24, 2.45) is 0 Å². The molecule has 0 spiro atoms. The van der Waals surface area contributed by atoms with E-state index in [1.807, 2.05) is 72.8 Å². The summed E-state index contributed by atoms with van der Waals surface area (Å²) in [6, 6.07) is 24.1. The van der Waals surface area contributed by atoms with Crippen LogP contribution in [0.3, 0.4) is 0 Å². The standard InChI is InChI=1S/C30H35ClN2O3/c1-3-5-18-32-30(35)28(20-24-10-7-6-8-11-24)33(21-25-12-9-13-26(31)19-25)29(34)22-36-27-16-14-23(4-2)15-17-27/h6-17,19,28H,3-5,18,20-22H2,1-2H3,(H,32,35)/t28-/m0/s1. The fourth-order valence-electron chi connectivity index (χ4n) is 3.94. The number of hydrogen-bond acceptors (Lipinski definition) is 3. The highest BCUT2D eigenvalue weighted by Gasteiger charge is 2.30. The van der Waals surface area contributed by atoms with Crippen LogP contribution in [0.4, 0.5) is 0 Å². The number of carbonyl (C=O) groups excluding carboxylic acids is 2. The van der Waals surface area contributed by atoms with Crippen molar-refractivity contribution in [3.63, 3.8) is 0 Å². The molecule has 0 heterocycles. The van der Waals surface area contributed by atoms with Gasteiger partial charge in [-0.3, -0.25) is 9.59 Å². The first-order valence-corrected chi connectivity index (χ1v) is 12.9. The third-order valence-corrected chi connectivity index (χ3v) is 6.27. The molecule has 2 amide bonds. The minimum absolute atomic E-state index is 0.167. The van der Waals surface area contributed by atoms with Crippen molar-refractivity contribution >= 4 is 23.4 Å². The van der Waals surface area contributed by atoms with Gasteiger partial charge in [0.25, 0.3) is 5.91 Å². The van der Waals surface area contributed by atoms with Crippen LogP contribution in [-0.2, 0) is 29.0 Å². The quantitative estimate of drug-likeness (QED) is 0.296. The molecule has 0 aliphatic heterocycles. The van der Waals surface area contributed by atoms with Crippen LogP contribution in [0.25, 0.3) is 0 Å². The van der Waals surface area contributed by atoms with Gasteiger partial charge in [-0.2, -0.15) is 0 Å². The molecule has 0 radical (unpaired) electrons. The summed E-state index contributed by atoms with van der Waals surface area (Å²) in [5.41, 5.74) is 3.03. The van der Waals surface area contributed by atoms with Crippen LogP contribution >= 0.6 is 11.6 Å². The van der Waals surface area contributed by atoms with Crippen molar-refractivity contribution < 1.29 is 14.3 Å². The van der Waals surface area contributed by atoms with Crippen LogP contribution < -0.4 is 10.1 Å². The highest BCUT2D eigenvalue weighted by atomic mass is 35.5. The second-order valence-electron chi connectivity index (χ2n) is 8.79. The van der Waals surface area contributed by atoms with Crippen LogP contribution in [0.2, 0.25) is 5.02 Å². The maximum absolute atomic E-state index is 13.6. The lowest BCUT2D eigenvalue weighted by Crippen LogP contribution is -2.51. The van der Waals surface area contributed by atoms with E-state index in [-0.39, 0.29) is 25.0 Å². The molecule has 3 aromatic rings. The maximum Gasteiger partial charge on any atom is 0.261 e. The third-order valence-electron chi connectivity index (χ3n) is 6.04. The number of benzene rings is 3. The lowest BCUT2D eigenvalue weighted by molar-refractivity contribution is -0.142. The molecule has 0 aromatic heterocycles. The van der Waals surface area contributed by atoms with Crippen LogP contribution in [0, 0.1) is 0 Å². The number of amides is 2. The van der Waals surface area contributed by atoms with E-state index in [1.165, 1.54) is 5.56 Å². The molecular formula is C30H35ClN2O3. The van der Waals surface area contributed by atoms with Crippen LogP contribution in [0.15, 0.2) is 78.9 Å². The Morgan fingerprint density at radius 2 is 1.64 bits per heavy atom. The number of unbranched alkanes of at least 4 members (excludes halogenated alkanes) is 1. The monoisotopic (exact) mass is 506 g/mol. The molecule has 6 heteroatoms. The number of halogens is 1. The van der Waals surface area contributed by atoms with Crippen molar-refractivity contribution in [3.05, 3.63) is 101 Å². The van der Waals surface area contributed by atoms with Crippen LogP contribution in [0.1, 0.15) is 43.4 Å². The Morgan fingerprint density at radius 3 is 2.31 bits per heavy atom. The van der Waals surface area contributed by atoms with E-state index in [0.717, 1.165) is 30.4 Å². The Hall–Kier alpha value is -3.31. The Morgan fingerprint density at radius 1 is 0.917 bits per heavy atom. The fourth-order valence-corrected chi connectivity index (χ4v) is 4.15. The second-order valence-corrected chi connectivity index (χ2v) is 9.22. The van der Waals surface area contributed by atoms with Gasteiger partial charge in [0.1, 0.15) is 11.8 Å². The molecule has 0 fully saturated rings. The van der Waals surface area contributed by atoms with Gasteiger partial charge in [0.2, 0.25) is 5.91 Å². The molecule has 0 aliphatic rings. The zero-order chi connectivity index (χ0) is 25.8. The maximum atomic E-state index is 13.6. The topological polar surface area (TPSA) is 58.6 Å². The van der Waals surface area contributed by atoms with E-state index < -0.39 is 6.04 Å². The predicted octanol–water partition coefficient (Wildman–Crippen LogP) is 5.84. The summed E-state index contributed by atoms with van der Waals surface area (Å²) in [6.07, 6.45) is 3.18. The zero-order valence-corrected chi connectivity index (χ0v) is 21.8. The highest BCUT2D eigenvalue weighted by molar-refractivity contribution is 6.30. The van der Waals surface area contributed by atoms with Gasteiger partial charge in [-0.15, -0.1) is 0 Å². The molecule has 0 unspecified atom stereocenters. The van der Waals surface area contributed by atoms with E-state index in [9.17, 15) is 9.59 Å². The van der Waals surface area contributed by atoms with Gasteiger partial charge in [-0.05, 0) is 53.8 Å². The zero-order valence-electron chi connectivity index (χ0n) is 21.1. The van der Waals surface area contributed by atoms with Gasteiger partial charge in [0.05, 0.1) is 0 Å². The first kappa shape index (κ1) is 27.3. The van der Waals surface area contributed by atoms with Gasteiger partial charge < -0.3 is 15.0 Å². The Balaban J connectivity index is 1.86. The molecule has 0 bridgehead atoms. The average Bonchev–Trinajstić information content (AvgIpc) is 2.90. The summed E-state index contributed by atoms with van der Waals surface area (Å²) in [6.45, 7) is 4.81.